The maximum absolute atomic E-state index is 12.6. The highest BCUT2D eigenvalue weighted by Gasteiger charge is 2.30. The second-order valence-corrected chi connectivity index (χ2v) is 8.16. The normalized spacial score (nSPS) is 14.6. The lowest BCUT2D eigenvalue weighted by molar-refractivity contribution is -0.126. The highest BCUT2D eigenvalue weighted by atomic mass is 32.2. The molecule has 3 rings (SSSR count). The van der Waals surface area contributed by atoms with Crippen LogP contribution in [-0.4, -0.2) is 38.7 Å². The number of anilines is 1. The van der Waals surface area contributed by atoms with Crippen molar-refractivity contribution < 1.29 is 31.5 Å². The zero-order valence-electron chi connectivity index (χ0n) is 14.8. The van der Waals surface area contributed by atoms with Crippen molar-refractivity contribution in [1.29, 1.82) is 0 Å². The molecule has 1 atom stereocenters. The zero-order chi connectivity index (χ0) is 20.5. The molecular formula is C19H17F2NO5S. The van der Waals surface area contributed by atoms with Crippen molar-refractivity contribution in [3.63, 3.8) is 0 Å². The van der Waals surface area contributed by atoms with Crippen molar-refractivity contribution >= 4 is 27.4 Å². The summed E-state index contributed by atoms with van der Waals surface area (Å²) in [5, 5.41) is 0. The third kappa shape index (κ3) is 3.75. The molecule has 28 heavy (non-hydrogen) atoms. The Morgan fingerprint density at radius 3 is 2.36 bits per heavy atom. The molecule has 0 bridgehead atoms. The lowest BCUT2D eigenvalue weighted by Gasteiger charge is -2.21. The van der Waals surface area contributed by atoms with Gasteiger partial charge < -0.3 is 9.64 Å². The number of carbonyl (C=O) groups excluding carboxylic acids is 2. The molecule has 0 aromatic heterocycles. The molecule has 6 nitrogen and oxygen atoms in total. The number of sulfone groups is 1. The Morgan fingerprint density at radius 2 is 1.71 bits per heavy atom. The number of hydrogen-bond acceptors (Lipinski definition) is 5. The zero-order valence-corrected chi connectivity index (χ0v) is 15.7. The van der Waals surface area contributed by atoms with E-state index in [4.69, 9.17) is 4.74 Å². The molecule has 0 saturated heterocycles. The number of benzene rings is 2. The predicted molar refractivity (Wildman–Crippen MR) is 97.0 cm³/mol. The summed E-state index contributed by atoms with van der Waals surface area (Å²) in [6, 6.07) is 11.4. The van der Waals surface area contributed by atoms with E-state index in [9.17, 15) is 26.8 Å². The molecule has 1 amide bonds. The lowest BCUT2D eigenvalue weighted by Crippen LogP contribution is -2.39. The van der Waals surface area contributed by atoms with Gasteiger partial charge in [0.05, 0.1) is 10.5 Å². The average Bonchev–Trinajstić information content (AvgIpc) is 3.11. The summed E-state index contributed by atoms with van der Waals surface area (Å²) < 4.78 is 53.1. The van der Waals surface area contributed by atoms with Gasteiger partial charge >= 0.3 is 11.7 Å². The molecule has 1 heterocycles. The highest BCUT2D eigenvalue weighted by molar-refractivity contribution is 7.91. The van der Waals surface area contributed by atoms with E-state index >= 15 is 0 Å². The smallest absolute Gasteiger partial charge is 0.341 e. The van der Waals surface area contributed by atoms with E-state index in [1.54, 1.807) is 4.90 Å². The summed E-state index contributed by atoms with van der Waals surface area (Å²) in [5.74, 6) is -4.78. The van der Waals surface area contributed by atoms with Gasteiger partial charge in [0.15, 0.2) is 6.10 Å². The maximum atomic E-state index is 12.6. The van der Waals surface area contributed by atoms with Crippen molar-refractivity contribution in [2.45, 2.75) is 30.1 Å². The van der Waals surface area contributed by atoms with E-state index < -0.39 is 32.6 Å². The molecule has 2 aromatic carbocycles. The van der Waals surface area contributed by atoms with E-state index in [2.05, 4.69) is 0 Å². The molecule has 0 saturated carbocycles. The Labute approximate surface area is 160 Å². The van der Waals surface area contributed by atoms with Crippen molar-refractivity contribution in [1.82, 2.24) is 0 Å². The van der Waals surface area contributed by atoms with Crippen molar-refractivity contribution in [3.05, 3.63) is 59.7 Å². The first-order valence-electron chi connectivity index (χ1n) is 8.44. The monoisotopic (exact) mass is 409 g/mol. The standard InChI is InChI=1S/C19H17F2NO5S/c1-12(17(23)22-11-10-13-4-2-3-5-16(13)22)27-18(24)14-6-8-15(9-7-14)28(25,26)19(20)21/h2-9,12,19H,10-11H2,1H3/t12-/m0/s1. The van der Waals surface area contributed by atoms with Gasteiger partial charge in [-0.25, -0.2) is 13.2 Å². The van der Waals surface area contributed by atoms with E-state index in [0.717, 1.165) is 35.5 Å². The van der Waals surface area contributed by atoms with Gasteiger partial charge in [-0.2, -0.15) is 8.78 Å². The van der Waals surface area contributed by atoms with Gasteiger partial charge in [-0.3, -0.25) is 4.79 Å². The third-order valence-electron chi connectivity index (χ3n) is 4.44. The fourth-order valence-electron chi connectivity index (χ4n) is 2.95. The molecule has 0 unspecified atom stereocenters. The number of rotatable bonds is 5. The number of halogens is 2. The fourth-order valence-corrected chi connectivity index (χ4v) is 3.67. The minimum absolute atomic E-state index is 0.0466. The lowest BCUT2D eigenvalue weighted by atomic mass is 10.2. The van der Waals surface area contributed by atoms with Gasteiger partial charge in [-0.05, 0) is 49.2 Å². The van der Waals surface area contributed by atoms with E-state index in [1.165, 1.54) is 6.92 Å². The summed E-state index contributed by atoms with van der Waals surface area (Å²) in [5.41, 5.74) is 1.76. The number of para-hydroxylation sites is 1. The Bertz CT molecular complexity index is 1010. The maximum Gasteiger partial charge on any atom is 0.341 e. The quantitative estimate of drug-likeness (QED) is 0.710. The number of ether oxygens (including phenoxy) is 1. The Balaban J connectivity index is 1.69. The molecule has 1 aliphatic rings. The number of esters is 1. The van der Waals surface area contributed by atoms with Gasteiger partial charge in [-0.15, -0.1) is 0 Å². The summed E-state index contributed by atoms with van der Waals surface area (Å²) in [6.07, 6.45) is -0.356. The Morgan fingerprint density at radius 1 is 1.07 bits per heavy atom. The Hall–Kier alpha value is -2.81. The van der Waals surface area contributed by atoms with Crippen LogP contribution in [0.25, 0.3) is 0 Å². The molecule has 0 aliphatic carbocycles. The van der Waals surface area contributed by atoms with E-state index in [0.29, 0.717) is 13.0 Å². The van der Waals surface area contributed by atoms with Crippen LogP contribution < -0.4 is 4.90 Å². The van der Waals surface area contributed by atoms with Crippen LogP contribution >= 0.6 is 0 Å². The number of hydrogen-bond donors (Lipinski definition) is 0. The number of alkyl halides is 2. The summed E-state index contributed by atoms with van der Waals surface area (Å²) in [4.78, 5) is 25.8. The van der Waals surface area contributed by atoms with Crippen molar-refractivity contribution in [2.24, 2.45) is 0 Å². The topological polar surface area (TPSA) is 80.8 Å². The second kappa shape index (κ2) is 7.67. The SMILES string of the molecule is C[C@H](OC(=O)c1ccc(S(=O)(=O)C(F)F)cc1)C(=O)N1CCc2ccccc21. The first-order chi connectivity index (χ1) is 13.2. The summed E-state index contributed by atoms with van der Waals surface area (Å²) in [6.45, 7) is 1.93. The van der Waals surface area contributed by atoms with Gasteiger partial charge in [0.2, 0.25) is 9.84 Å². The molecule has 0 radical (unpaired) electrons. The summed E-state index contributed by atoms with van der Waals surface area (Å²) in [7, 11) is -4.74. The van der Waals surface area contributed by atoms with Crippen LogP contribution in [0.3, 0.4) is 0 Å². The predicted octanol–water partition coefficient (Wildman–Crippen LogP) is 2.82. The Kier molecular flexibility index (Phi) is 5.46. The third-order valence-corrected chi connectivity index (χ3v) is 5.84. The molecule has 0 spiro atoms. The molecule has 9 heteroatoms. The number of amides is 1. The van der Waals surface area contributed by atoms with Gasteiger partial charge in [0, 0.05) is 12.2 Å². The first-order valence-corrected chi connectivity index (χ1v) is 9.99. The fraction of sp³-hybridized carbons (Fsp3) is 0.263. The molecule has 0 N–H and O–H groups in total. The van der Waals surface area contributed by atoms with Crippen molar-refractivity contribution in [2.75, 3.05) is 11.4 Å². The summed E-state index contributed by atoms with van der Waals surface area (Å²) >= 11 is 0. The minimum atomic E-state index is -4.74. The molecule has 148 valence electrons. The second-order valence-electron chi connectivity index (χ2n) is 6.25. The number of carbonyl (C=O) groups is 2. The van der Waals surface area contributed by atoms with Crippen LogP contribution in [0.4, 0.5) is 14.5 Å². The van der Waals surface area contributed by atoms with Crippen LogP contribution in [0.5, 0.6) is 0 Å². The molecule has 1 aliphatic heterocycles. The van der Waals surface area contributed by atoms with Crippen LogP contribution in [0.15, 0.2) is 53.4 Å². The van der Waals surface area contributed by atoms with E-state index in [-0.39, 0.29) is 11.5 Å². The van der Waals surface area contributed by atoms with Crippen molar-refractivity contribution in [3.8, 4) is 0 Å². The number of nitrogens with zero attached hydrogens (tertiary/aromatic N) is 1. The van der Waals surface area contributed by atoms with Gasteiger partial charge in [0.1, 0.15) is 0 Å². The van der Waals surface area contributed by atoms with Gasteiger partial charge in [0.25, 0.3) is 5.91 Å². The largest absolute Gasteiger partial charge is 0.449 e. The first kappa shape index (κ1) is 19.9. The van der Waals surface area contributed by atoms with Gasteiger partial charge in [-0.1, -0.05) is 18.2 Å². The van der Waals surface area contributed by atoms with Crippen LogP contribution in [0, 0.1) is 0 Å². The molecule has 0 fully saturated rings. The highest BCUT2D eigenvalue weighted by Crippen LogP contribution is 2.28. The van der Waals surface area contributed by atoms with Crippen LogP contribution in [0.1, 0.15) is 22.8 Å². The minimum Gasteiger partial charge on any atom is -0.449 e. The molecule has 2 aromatic rings. The van der Waals surface area contributed by atoms with Crippen LogP contribution in [-0.2, 0) is 25.8 Å². The van der Waals surface area contributed by atoms with Crippen LogP contribution in [0.2, 0.25) is 0 Å². The molecular weight excluding hydrogens is 392 g/mol. The average molecular weight is 409 g/mol. The van der Waals surface area contributed by atoms with E-state index in [1.807, 2.05) is 24.3 Å². The number of fused-ring (bicyclic) bond motifs is 1.